The Morgan fingerprint density at radius 2 is 2.25 bits per heavy atom. The number of carbonyl (C=O) groups is 1. The van der Waals surface area contributed by atoms with E-state index in [4.69, 9.17) is 4.74 Å². The Morgan fingerprint density at radius 1 is 1.42 bits per heavy atom. The van der Waals surface area contributed by atoms with Crippen LogP contribution < -0.4 is 15.5 Å². The van der Waals surface area contributed by atoms with Gasteiger partial charge >= 0.3 is 0 Å². The van der Waals surface area contributed by atoms with Crippen molar-refractivity contribution in [2.45, 2.75) is 6.92 Å². The first kappa shape index (κ1) is 16.4. The summed E-state index contributed by atoms with van der Waals surface area (Å²) in [4.78, 5) is 29.2. The van der Waals surface area contributed by atoms with Crippen LogP contribution in [0.5, 0.6) is 5.75 Å². The molecule has 0 aliphatic carbocycles. The summed E-state index contributed by atoms with van der Waals surface area (Å²) in [7, 11) is 1.81. The Kier molecular flexibility index (Phi) is 4.77. The van der Waals surface area contributed by atoms with Gasteiger partial charge in [0.15, 0.2) is 17.5 Å². The zero-order chi connectivity index (χ0) is 17.1. The second-order valence-corrected chi connectivity index (χ2v) is 6.91. The van der Waals surface area contributed by atoms with Crippen molar-refractivity contribution < 1.29 is 9.53 Å². The number of aryl methyl sites for hydroxylation is 2. The number of anilines is 1. The maximum Gasteiger partial charge on any atom is 0.264 e. The molecule has 3 aromatic rings. The zero-order valence-electron chi connectivity index (χ0n) is 13.1. The predicted molar refractivity (Wildman–Crippen MR) is 96.0 cm³/mol. The van der Waals surface area contributed by atoms with Crippen LogP contribution in [0.2, 0.25) is 0 Å². The molecule has 0 saturated carbocycles. The SMILES string of the molecule is Cc1cc(=O)c(OCC(=O)Nc2nc(-c3cccs3)cs2)cn1C. The molecule has 0 aliphatic rings. The predicted octanol–water partition coefficient (Wildman–Crippen LogP) is 2.90. The number of nitrogens with one attached hydrogen (secondary N) is 1. The molecule has 0 spiro atoms. The first-order chi connectivity index (χ1) is 11.5. The van der Waals surface area contributed by atoms with Crippen molar-refractivity contribution in [3.63, 3.8) is 0 Å². The minimum Gasteiger partial charge on any atom is -0.478 e. The molecule has 0 unspecified atom stereocenters. The standard InChI is InChI=1S/C16H15N3O3S2/c1-10-6-12(20)13(7-19(10)2)22-8-15(21)18-16-17-11(9-24-16)14-4-3-5-23-14/h3-7,9H,8H2,1-2H3,(H,17,18,21). The van der Waals surface area contributed by atoms with Gasteiger partial charge in [-0.15, -0.1) is 22.7 Å². The van der Waals surface area contributed by atoms with E-state index in [0.717, 1.165) is 16.3 Å². The van der Waals surface area contributed by atoms with Gasteiger partial charge in [-0.05, 0) is 18.4 Å². The van der Waals surface area contributed by atoms with Crippen LogP contribution in [0, 0.1) is 6.92 Å². The fourth-order valence-electron chi connectivity index (χ4n) is 1.98. The summed E-state index contributed by atoms with van der Waals surface area (Å²) < 4.78 is 7.09. The Labute approximate surface area is 146 Å². The smallest absolute Gasteiger partial charge is 0.264 e. The lowest BCUT2D eigenvalue weighted by Gasteiger charge is -2.08. The number of thiophene rings is 1. The van der Waals surface area contributed by atoms with Crippen molar-refractivity contribution in [2.75, 3.05) is 11.9 Å². The van der Waals surface area contributed by atoms with Crippen LogP contribution in [0.15, 0.2) is 40.0 Å². The highest BCUT2D eigenvalue weighted by atomic mass is 32.1. The van der Waals surface area contributed by atoms with Crippen molar-refractivity contribution in [3.05, 3.63) is 51.1 Å². The van der Waals surface area contributed by atoms with E-state index in [1.807, 2.05) is 36.9 Å². The molecule has 6 nitrogen and oxygen atoms in total. The molecule has 0 aliphatic heterocycles. The number of thiazole rings is 1. The summed E-state index contributed by atoms with van der Waals surface area (Å²) >= 11 is 2.94. The number of amides is 1. The van der Waals surface area contributed by atoms with Crippen LogP contribution in [0.1, 0.15) is 5.69 Å². The van der Waals surface area contributed by atoms with Crippen LogP contribution in [0.3, 0.4) is 0 Å². The summed E-state index contributed by atoms with van der Waals surface area (Å²) in [5.74, 6) is -0.207. The topological polar surface area (TPSA) is 73.2 Å². The van der Waals surface area contributed by atoms with Crippen molar-refractivity contribution >= 4 is 33.7 Å². The van der Waals surface area contributed by atoms with Crippen molar-refractivity contribution in [1.82, 2.24) is 9.55 Å². The average molecular weight is 361 g/mol. The molecular formula is C16H15N3O3S2. The highest BCUT2D eigenvalue weighted by Crippen LogP contribution is 2.28. The van der Waals surface area contributed by atoms with Gasteiger partial charge in [0.2, 0.25) is 5.43 Å². The average Bonchev–Trinajstić information content (AvgIpc) is 3.20. The van der Waals surface area contributed by atoms with E-state index in [2.05, 4.69) is 10.3 Å². The molecule has 0 atom stereocenters. The fourth-order valence-corrected chi connectivity index (χ4v) is 3.47. The van der Waals surface area contributed by atoms with Gasteiger partial charge in [0, 0.05) is 30.4 Å². The Morgan fingerprint density at radius 3 is 3.00 bits per heavy atom. The third kappa shape index (κ3) is 3.72. The maximum absolute atomic E-state index is 12.0. The number of ether oxygens (including phenoxy) is 1. The quantitative estimate of drug-likeness (QED) is 0.758. The van der Waals surface area contributed by atoms with E-state index in [-0.39, 0.29) is 23.7 Å². The van der Waals surface area contributed by atoms with Crippen molar-refractivity contribution in [1.29, 1.82) is 0 Å². The van der Waals surface area contributed by atoms with Gasteiger partial charge in [-0.1, -0.05) is 6.07 Å². The van der Waals surface area contributed by atoms with Gasteiger partial charge in [-0.2, -0.15) is 0 Å². The summed E-state index contributed by atoms with van der Waals surface area (Å²) in [6, 6.07) is 5.40. The highest BCUT2D eigenvalue weighted by Gasteiger charge is 2.10. The lowest BCUT2D eigenvalue weighted by atomic mass is 10.3. The van der Waals surface area contributed by atoms with E-state index >= 15 is 0 Å². The van der Waals surface area contributed by atoms with Gasteiger partial charge in [0.05, 0.1) is 10.6 Å². The molecule has 0 bridgehead atoms. The summed E-state index contributed by atoms with van der Waals surface area (Å²) in [6.07, 6.45) is 1.57. The molecule has 0 fully saturated rings. The number of aromatic nitrogens is 2. The molecule has 0 saturated heterocycles. The van der Waals surface area contributed by atoms with Crippen LogP contribution >= 0.6 is 22.7 Å². The fraction of sp³-hybridized carbons (Fsp3) is 0.188. The lowest BCUT2D eigenvalue weighted by Crippen LogP contribution is -2.22. The Hall–Kier alpha value is -2.45. The van der Waals surface area contributed by atoms with Crippen LogP contribution in [0.4, 0.5) is 5.13 Å². The highest BCUT2D eigenvalue weighted by molar-refractivity contribution is 7.16. The largest absolute Gasteiger partial charge is 0.478 e. The van der Waals surface area contributed by atoms with E-state index in [9.17, 15) is 9.59 Å². The molecule has 124 valence electrons. The second kappa shape index (κ2) is 6.98. The molecule has 3 rings (SSSR count). The van der Waals surface area contributed by atoms with E-state index in [1.165, 1.54) is 17.4 Å². The van der Waals surface area contributed by atoms with E-state index in [1.54, 1.807) is 22.1 Å². The van der Waals surface area contributed by atoms with E-state index in [0.29, 0.717) is 5.13 Å². The Balaban J connectivity index is 1.60. The summed E-state index contributed by atoms with van der Waals surface area (Å²) in [5.41, 5.74) is 1.41. The molecule has 0 aromatic carbocycles. The normalized spacial score (nSPS) is 10.6. The molecule has 1 N–H and O–H groups in total. The summed E-state index contributed by atoms with van der Waals surface area (Å²) in [6.45, 7) is 1.58. The number of carbonyl (C=O) groups excluding carboxylic acids is 1. The van der Waals surface area contributed by atoms with Gasteiger partial charge in [-0.3, -0.25) is 14.9 Å². The maximum atomic E-state index is 12.0. The van der Waals surface area contributed by atoms with Gasteiger partial charge < -0.3 is 9.30 Å². The monoisotopic (exact) mass is 361 g/mol. The Bertz CT molecular complexity index is 913. The van der Waals surface area contributed by atoms with Crippen molar-refractivity contribution in [3.8, 4) is 16.3 Å². The number of rotatable bonds is 5. The third-order valence-corrected chi connectivity index (χ3v) is 4.98. The number of pyridine rings is 1. The molecule has 0 radical (unpaired) electrons. The van der Waals surface area contributed by atoms with Crippen molar-refractivity contribution in [2.24, 2.45) is 7.05 Å². The first-order valence-corrected chi connectivity index (χ1v) is 8.88. The number of hydrogen-bond acceptors (Lipinski definition) is 6. The number of hydrogen-bond donors (Lipinski definition) is 1. The second-order valence-electron chi connectivity index (χ2n) is 5.11. The third-order valence-electron chi connectivity index (χ3n) is 3.33. The lowest BCUT2D eigenvalue weighted by molar-refractivity contribution is -0.118. The number of nitrogens with zero attached hydrogens (tertiary/aromatic N) is 2. The van der Waals surface area contributed by atoms with Crippen LogP contribution in [0.25, 0.3) is 10.6 Å². The molecule has 3 heterocycles. The molecule has 3 aromatic heterocycles. The minimum atomic E-state index is -0.357. The first-order valence-electron chi connectivity index (χ1n) is 7.12. The molecule has 24 heavy (non-hydrogen) atoms. The minimum absolute atomic E-state index is 0.150. The van der Waals surface area contributed by atoms with E-state index < -0.39 is 0 Å². The van der Waals surface area contributed by atoms with Gasteiger partial charge in [0.25, 0.3) is 5.91 Å². The van der Waals surface area contributed by atoms with Crippen LogP contribution in [-0.4, -0.2) is 22.1 Å². The molecule has 1 amide bonds. The van der Waals surface area contributed by atoms with Gasteiger partial charge in [0.1, 0.15) is 0 Å². The molecular weight excluding hydrogens is 346 g/mol. The molecule has 8 heteroatoms. The van der Waals surface area contributed by atoms with Crippen LogP contribution in [-0.2, 0) is 11.8 Å². The van der Waals surface area contributed by atoms with Gasteiger partial charge in [-0.25, -0.2) is 4.98 Å². The summed E-state index contributed by atoms with van der Waals surface area (Å²) in [5, 5.41) is 7.04. The zero-order valence-corrected chi connectivity index (χ0v) is 14.7.